The summed E-state index contributed by atoms with van der Waals surface area (Å²) in [5.41, 5.74) is 4.39. The Bertz CT molecular complexity index is 1330. The van der Waals surface area contributed by atoms with Crippen molar-refractivity contribution in [1.29, 1.82) is 0 Å². The van der Waals surface area contributed by atoms with Crippen LogP contribution in [0.1, 0.15) is 19.4 Å². The molecule has 35 heavy (non-hydrogen) atoms. The van der Waals surface area contributed by atoms with Crippen molar-refractivity contribution in [2.45, 2.75) is 25.8 Å². The minimum Gasteiger partial charge on any atom is -0.497 e. The number of rotatable bonds is 9. The SMILES string of the molecule is CCN(CC)c1ccc(NC(=O)CSc2ncnc3nc(-c4ccc(OC)cc4)ncc23)c(C)c1. The van der Waals surface area contributed by atoms with E-state index in [1.165, 1.54) is 18.1 Å². The quantitative estimate of drug-likeness (QED) is 0.260. The fourth-order valence-electron chi connectivity index (χ4n) is 3.72. The lowest BCUT2D eigenvalue weighted by atomic mass is 10.1. The number of amides is 1. The number of aryl methyl sites for hydroxylation is 1. The molecule has 0 aliphatic rings. The molecule has 9 heteroatoms. The van der Waals surface area contributed by atoms with Crippen molar-refractivity contribution in [1.82, 2.24) is 19.9 Å². The zero-order valence-electron chi connectivity index (χ0n) is 20.3. The van der Waals surface area contributed by atoms with Crippen LogP contribution in [0, 0.1) is 6.92 Å². The molecule has 2 aromatic carbocycles. The molecule has 0 bridgehead atoms. The van der Waals surface area contributed by atoms with Crippen LogP contribution in [0.15, 0.2) is 60.0 Å². The van der Waals surface area contributed by atoms with Crippen molar-refractivity contribution in [3.8, 4) is 17.1 Å². The summed E-state index contributed by atoms with van der Waals surface area (Å²) in [6, 6.07) is 13.6. The van der Waals surface area contributed by atoms with Gasteiger partial charge in [-0.05, 0) is 68.8 Å². The zero-order valence-corrected chi connectivity index (χ0v) is 21.1. The number of nitrogens with one attached hydrogen (secondary N) is 1. The Kier molecular flexibility index (Phi) is 7.77. The van der Waals surface area contributed by atoms with Crippen LogP contribution in [0.25, 0.3) is 22.4 Å². The number of anilines is 2. The fraction of sp³-hybridized carbons (Fsp3) is 0.269. The first-order valence-electron chi connectivity index (χ1n) is 11.4. The smallest absolute Gasteiger partial charge is 0.234 e. The summed E-state index contributed by atoms with van der Waals surface area (Å²) in [4.78, 5) is 32.7. The van der Waals surface area contributed by atoms with Gasteiger partial charge in [0.2, 0.25) is 5.91 Å². The second-order valence-corrected chi connectivity index (χ2v) is 8.81. The van der Waals surface area contributed by atoms with Crippen LogP contribution in [-0.4, -0.2) is 51.8 Å². The van der Waals surface area contributed by atoms with E-state index in [2.05, 4.69) is 50.1 Å². The molecule has 2 heterocycles. The van der Waals surface area contributed by atoms with Crippen molar-refractivity contribution in [2.24, 2.45) is 0 Å². The summed E-state index contributed by atoms with van der Waals surface area (Å²) < 4.78 is 5.21. The Balaban J connectivity index is 1.44. The second-order valence-electron chi connectivity index (χ2n) is 7.85. The molecule has 0 fully saturated rings. The Morgan fingerprint density at radius 2 is 1.83 bits per heavy atom. The van der Waals surface area contributed by atoms with Gasteiger partial charge < -0.3 is 15.0 Å². The third-order valence-corrected chi connectivity index (χ3v) is 6.66. The number of hydrogen-bond acceptors (Lipinski definition) is 8. The van der Waals surface area contributed by atoms with Crippen molar-refractivity contribution < 1.29 is 9.53 Å². The number of hydrogen-bond donors (Lipinski definition) is 1. The third kappa shape index (κ3) is 5.68. The number of fused-ring (bicyclic) bond motifs is 1. The molecular weight excluding hydrogens is 460 g/mol. The van der Waals surface area contributed by atoms with Crippen LogP contribution >= 0.6 is 11.8 Å². The Morgan fingerprint density at radius 3 is 2.51 bits per heavy atom. The lowest BCUT2D eigenvalue weighted by Gasteiger charge is -2.22. The highest BCUT2D eigenvalue weighted by Gasteiger charge is 2.13. The van der Waals surface area contributed by atoms with E-state index in [-0.39, 0.29) is 11.7 Å². The second kappa shape index (κ2) is 11.1. The average Bonchev–Trinajstić information content (AvgIpc) is 2.89. The minimum atomic E-state index is -0.101. The molecule has 0 aliphatic carbocycles. The van der Waals surface area contributed by atoms with E-state index in [0.717, 1.165) is 41.3 Å². The van der Waals surface area contributed by atoms with E-state index in [1.54, 1.807) is 13.3 Å². The van der Waals surface area contributed by atoms with Gasteiger partial charge in [0.25, 0.3) is 0 Å². The molecule has 8 nitrogen and oxygen atoms in total. The van der Waals surface area contributed by atoms with Gasteiger partial charge in [0.05, 0.1) is 18.2 Å². The van der Waals surface area contributed by atoms with Crippen LogP contribution in [0.2, 0.25) is 0 Å². The first-order chi connectivity index (χ1) is 17.0. The molecule has 0 saturated carbocycles. The van der Waals surface area contributed by atoms with Crippen molar-refractivity contribution in [3.63, 3.8) is 0 Å². The molecule has 180 valence electrons. The van der Waals surface area contributed by atoms with Crippen LogP contribution in [0.4, 0.5) is 11.4 Å². The van der Waals surface area contributed by atoms with Crippen LogP contribution in [0.5, 0.6) is 5.75 Å². The van der Waals surface area contributed by atoms with Gasteiger partial charge in [-0.1, -0.05) is 11.8 Å². The van der Waals surface area contributed by atoms with Crippen LogP contribution < -0.4 is 15.0 Å². The number of carbonyl (C=O) groups is 1. The molecule has 0 radical (unpaired) electrons. The monoisotopic (exact) mass is 488 g/mol. The fourth-order valence-corrected chi connectivity index (χ4v) is 4.48. The standard InChI is InChI=1S/C26H28N6O2S/c1-5-32(6-2)19-9-12-22(17(3)13-19)30-23(33)15-35-26-21-14-27-24(31-25(21)28-16-29-26)18-7-10-20(34-4)11-8-18/h7-14,16H,5-6,15H2,1-4H3,(H,30,33). The van der Waals surface area contributed by atoms with Gasteiger partial charge in [0.1, 0.15) is 17.1 Å². The summed E-state index contributed by atoms with van der Waals surface area (Å²) in [7, 11) is 1.63. The minimum absolute atomic E-state index is 0.101. The predicted molar refractivity (Wildman–Crippen MR) is 141 cm³/mol. The van der Waals surface area contributed by atoms with Crippen LogP contribution in [-0.2, 0) is 4.79 Å². The maximum atomic E-state index is 12.7. The molecule has 4 aromatic rings. The average molecular weight is 489 g/mol. The highest BCUT2D eigenvalue weighted by Crippen LogP contribution is 2.27. The van der Waals surface area contributed by atoms with E-state index in [4.69, 9.17) is 4.74 Å². The zero-order chi connectivity index (χ0) is 24.8. The third-order valence-electron chi connectivity index (χ3n) is 5.65. The normalized spacial score (nSPS) is 10.9. The largest absolute Gasteiger partial charge is 0.497 e. The molecular formula is C26H28N6O2S. The maximum absolute atomic E-state index is 12.7. The molecule has 1 amide bonds. The first-order valence-corrected chi connectivity index (χ1v) is 12.4. The van der Waals surface area contributed by atoms with Gasteiger partial charge in [-0.25, -0.2) is 19.9 Å². The van der Waals surface area contributed by atoms with Crippen molar-refractivity contribution >= 4 is 40.1 Å². The molecule has 0 saturated heterocycles. The lowest BCUT2D eigenvalue weighted by molar-refractivity contribution is -0.113. The highest BCUT2D eigenvalue weighted by atomic mass is 32.2. The summed E-state index contributed by atoms with van der Waals surface area (Å²) >= 11 is 1.34. The van der Waals surface area contributed by atoms with Gasteiger partial charge in [-0.2, -0.15) is 0 Å². The summed E-state index contributed by atoms with van der Waals surface area (Å²) in [5.74, 6) is 1.44. The van der Waals surface area contributed by atoms with Gasteiger partial charge >= 0.3 is 0 Å². The molecule has 0 spiro atoms. The van der Waals surface area contributed by atoms with Crippen molar-refractivity contribution in [2.75, 3.05) is 36.2 Å². The summed E-state index contributed by atoms with van der Waals surface area (Å²) in [6.07, 6.45) is 3.17. The number of carbonyl (C=O) groups excluding carboxylic acids is 1. The Morgan fingerprint density at radius 1 is 1.06 bits per heavy atom. The molecule has 0 aliphatic heterocycles. The van der Waals surface area contributed by atoms with Gasteiger partial charge in [0, 0.05) is 36.2 Å². The van der Waals surface area contributed by atoms with E-state index in [1.807, 2.05) is 43.3 Å². The predicted octanol–water partition coefficient (Wildman–Crippen LogP) is 4.98. The van der Waals surface area contributed by atoms with Gasteiger partial charge in [-0.3, -0.25) is 4.79 Å². The highest BCUT2D eigenvalue weighted by molar-refractivity contribution is 8.00. The summed E-state index contributed by atoms with van der Waals surface area (Å²) in [6.45, 7) is 8.15. The summed E-state index contributed by atoms with van der Waals surface area (Å²) in [5, 5.41) is 4.38. The molecule has 0 unspecified atom stereocenters. The maximum Gasteiger partial charge on any atom is 0.234 e. The number of benzene rings is 2. The first kappa shape index (κ1) is 24.4. The Hall–Kier alpha value is -3.72. The number of thioether (sulfide) groups is 1. The number of nitrogens with zero attached hydrogens (tertiary/aromatic N) is 5. The van der Waals surface area contributed by atoms with Crippen molar-refractivity contribution in [3.05, 3.63) is 60.6 Å². The topological polar surface area (TPSA) is 93.1 Å². The number of methoxy groups -OCH3 is 1. The molecule has 1 N–H and O–H groups in total. The van der Waals surface area contributed by atoms with E-state index in [0.29, 0.717) is 21.9 Å². The number of ether oxygens (including phenoxy) is 1. The molecule has 2 aromatic heterocycles. The van der Waals surface area contributed by atoms with E-state index >= 15 is 0 Å². The lowest BCUT2D eigenvalue weighted by Crippen LogP contribution is -2.22. The Labute approximate surface area is 209 Å². The van der Waals surface area contributed by atoms with Gasteiger partial charge in [0.15, 0.2) is 11.5 Å². The van der Waals surface area contributed by atoms with E-state index in [9.17, 15) is 4.79 Å². The molecule has 0 atom stereocenters. The van der Waals surface area contributed by atoms with Crippen LogP contribution in [0.3, 0.4) is 0 Å². The van der Waals surface area contributed by atoms with E-state index < -0.39 is 0 Å². The van der Waals surface area contributed by atoms with Gasteiger partial charge in [-0.15, -0.1) is 0 Å². The molecule has 4 rings (SSSR count). The number of aromatic nitrogens is 4.